The number of hydrogen-bond acceptors (Lipinski definition) is 5. The van der Waals surface area contributed by atoms with Gasteiger partial charge >= 0.3 is 0 Å². The van der Waals surface area contributed by atoms with E-state index < -0.39 is 5.91 Å². The summed E-state index contributed by atoms with van der Waals surface area (Å²) in [6.45, 7) is 4.64. The smallest absolute Gasteiger partial charge is 0.251 e. The molecule has 6 nitrogen and oxygen atoms in total. The van der Waals surface area contributed by atoms with Gasteiger partial charge in [-0.2, -0.15) is 0 Å². The summed E-state index contributed by atoms with van der Waals surface area (Å²) in [5.74, 6) is -0.741. The van der Waals surface area contributed by atoms with Crippen molar-refractivity contribution >= 4 is 50.9 Å². The molecule has 1 aromatic carbocycles. The summed E-state index contributed by atoms with van der Waals surface area (Å²) in [7, 11) is 0. The van der Waals surface area contributed by atoms with Crippen molar-refractivity contribution in [1.29, 1.82) is 0 Å². The Morgan fingerprint density at radius 3 is 2.84 bits per heavy atom. The lowest BCUT2D eigenvalue weighted by Gasteiger charge is -2.12. The van der Waals surface area contributed by atoms with E-state index in [2.05, 4.69) is 14.9 Å². The van der Waals surface area contributed by atoms with E-state index in [1.807, 2.05) is 38.1 Å². The number of para-hydroxylation sites is 2. The number of hydrogen-bond donors (Lipinski definition) is 2. The average Bonchev–Trinajstić information content (AvgIpc) is 3.18. The molecule has 8 heteroatoms. The quantitative estimate of drug-likeness (QED) is 0.648. The monoisotopic (exact) mass is 374 g/mol. The van der Waals surface area contributed by atoms with Crippen LogP contribution in [-0.2, 0) is 11.3 Å². The third kappa shape index (κ3) is 3.54. The van der Waals surface area contributed by atoms with Crippen molar-refractivity contribution in [3.8, 4) is 0 Å². The molecule has 0 aliphatic carbocycles. The lowest BCUT2D eigenvalue weighted by Crippen LogP contribution is -2.24. The van der Waals surface area contributed by atoms with Crippen molar-refractivity contribution in [2.45, 2.75) is 30.8 Å². The first-order valence-electron chi connectivity index (χ1n) is 7.81. The molecule has 0 aliphatic heterocycles. The van der Waals surface area contributed by atoms with Crippen LogP contribution in [0.15, 0.2) is 40.9 Å². The predicted octanol–water partition coefficient (Wildman–Crippen LogP) is 3.34. The van der Waals surface area contributed by atoms with Crippen molar-refractivity contribution in [3.05, 3.63) is 41.3 Å². The Labute approximate surface area is 153 Å². The van der Waals surface area contributed by atoms with E-state index in [0.29, 0.717) is 10.6 Å². The molecule has 0 radical (unpaired) electrons. The largest absolute Gasteiger partial charge is 0.366 e. The molecule has 3 aromatic rings. The molecule has 3 N–H and O–H groups in total. The van der Waals surface area contributed by atoms with E-state index in [9.17, 15) is 9.59 Å². The number of nitrogens with one attached hydrogen (secondary N) is 1. The van der Waals surface area contributed by atoms with Crippen molar-refractivity contribution in [2.75, 3.05) is 5.32 Å². The summed E-state index contributed by atoms with van der Waals surface area (Å²) < 4.78 is 2.09. The number of benzene rings is 1. The second-order valence-electron chi connectivity index (χ2n) is 5.40. The van der Waals surface area contributed by atoms with Gasteiger partial charge in [-0.1, -0.05) is 23.9 Å². The molecule has 3 rings (SSSR count). The van der Waals surface area contributed by atoms with Gasteiger partial charge in [-0.15, -0.1) is 11.3 Å². The third-order valence-electron chi connectivity index (χ3n) is 3.75. The summed E-state index contributed by atoms with van der Waals surface area (Å²) >= 11 is 2.67. The number of rotatable bonds is 6. The summed E-state index contributed by atoms with van der Waals surface area (Å²) in [5.41, 5.74) is 7.60. The Kier molecular flexibility index (Phi) is 5.10. The van der Waals surface area contributed by atoms with Crippen LogP contribution in [-0.4, -0.2) is 26.6 Å². The van der Waals surface area contributed by atoms with E-state index in [0.717, 1.165) is 22.7 Å². The van der Waals surface area contributed by atoms with Gasteiger partial charge in [0.25, 0.3) is 5.91 Å². The maximum atomic E-state index is 12.5. The number of imidazole rings is 1. The van der Waals surface area contributed by atoms with Gasteiger partial charge in [0.2, 0.25) is 5.91 Å². The highest BCUT2D eigenvalue weighted by Gasteiger charge is 2.21. The molecule has 1 atom stereocenters. The van der Waals surface area contributed by atoms with E-state index in [1.165, 1.54) is 23.1 Å². The zero-order valence-corrected chi connectivity index (χ0v) is 15.5. The molecule has 0 spiro atoms. The molecule has 1 unspecified atom stereocenters. The van der Waals surface area contributed by atoms with Crippen molar-refractivity contribution in [2.24, 2.45) is 5.73 Å². The molecule has 0 aliphatic rings. The number of anilines is 1. The van der Waals surface area contributed by atoms with Crippen LogP contribution in [0.25, 0.3) is 11.0 Å². The maximum Gasteiger partial charge on any atom is 0.251 e. The molecule has 130 valence electrons. The molecule has 0 fully saturated rings. The molecule has 0 saturated carbocycles. The molecule has 2 aromatic heterocycles. The topological polar surface area (TPSA) is 90.0 Å². The van der Waals surface area contributed by atoms with Crippen LogP contribution < -0.4 is 11.1 Å². The average molecular weight is 374 g/mol. The fraction of sp³-hybridized carbons (Fsp3) is 0.235. The third-order valence-corrected chi connectivity index (χ3v) is 5.67. The van der Waals surface area contributed by atoms with Gasteiger partial charge in [-0.05, 0) is 37.4 Å². The van der Waals surface area contributed by atoms with Crippen LogP contribution in [0, 0.1) is 0 Å². The van der Waals surface area contributed by atoms with Crippen LogP contribution in [0.1, 0.15) is 24.2 Å². The number of aryl methyl sites for hydroxylation is 1. The number of aromatic nitrogens is 2. The van der Waals surface area contributed by atoms with Crippen LogP contribution in [0.2, 0.25) is 0 Å². The number of primary amides is 1. The molecule has 0 bridgehead atoms. The highest BCUT2D eigenvalue weighted by molar-refractivity contribution is 8.00. The SMILES string of the molecule is CCn1c(SC(C)C(=O)Nc2sccc2C(N)=O)nc2ccccc21. The van der Waals surface area contributed by atoms with Gasteiger partial charge in [0.15, 0.2) is 5.16 Å². The standard InChI is InChI=1S/C17H18N4O2S2/c1-3-21-13-7-5-4-6-12(13)19-17(21)25-10(2)15(23)20-16-11(14(18)22)8-9-24-16/h4-10H,3H2,1-2H3,(H2,18,22)(H,20,23). The fourth-order valence-corrected chi connectivity index (χ4v) is 4.26. The maximum absolute atomic E-state index is 12.5. The van der Waals surface area contributed by atoms with Gasteiger partial charge in [0.1, 0.15) is 5.00 Å². The number of amides is 2. The van der Waals surface area contributed by atoms with Crippen LogP contribution in [0.5, 0.6) is 0 Å². The first-order chi connectivity index (χ1) is 12.0. The normalized spacial score (nSPS) is 12.2. The first-order valence-corrected chi connectivity index (χ1v) is 9.57. The fourth-order valence-electron chi connectivity index (χ4n) is 2.47. The Balaban J connectivity index is 1.78. The van der Waals surface area contributed by atoms with Gasteiger partial charge < -0.3 is 15.6 Å². The molecule has 2 amide bonds. The van der Waals surface area contributed by atoms with Crippen LogP contribution in [0.4, 0.5) is 5.00 Å². The Bertz CT molecular complexity index is 932. The zero-order chi connectivity index (χ0) is 18.0. The lowest BCUT2D eigenvalue weighted by molar-refractivity contribution is -0.115. The van der Waals surface area contributed by atoms with Gasteiger partial charge in [0.05, 0.1) is 21.8 Å². The van der Waals surface area contributed by atoms with Gasteiger partial charge in [-0.3, -0.25) is 9.59 Å². The second kappa shape index (κ2) is 7.28. The van der Waals surface area contributed by atoms with Crippen LogP contribution >= 0.6 is 23.1 Å². The molecule has 0 saturated heterocycles. The molecule has 25 heavy (non-hydrogen) atoms. The van der Waals surface area contributed by atoms with Gasteiger partial charge in [-0.25, -0.2) is 4.98 Å². The van der Waals surface area contributed by atoms with Gasteiger partial charge in [0, 0.05) is 6.54 Å². The van der Waals surface area contributed by atoms with E-state index in [-0.39, 0.29) is 11.2 Å². The lowest BCUT2D eigenvalue weighted by atomic mass is 10.3. The first kappa shape index (κ1) is 17.5. The Morgan fingerprint density at radius 2 is 2.12 bits per heavy atom. The van der Waals surface area contributed by atoms with Crippen LogP contribution in [0.3, 0.4) is 0 Å². The predicted molar refractivity (Wildman–Crippen MR) is 102 cm³/mol. The van der Waals surface area contributed by atoms with Crippen molar-refractivity contribution < 1.29 is 9.59 Å². The minimum atomic E-state index is -0.551. The highest BCUT2D eigenvalue weighted by atomic mass is 32.2. The molecule has 2 heterocycles. The second-order valence-corrected chi connectivity index (χ2v) is 7.63. The van der Waals surface area contributed by atoms with Crippen molar-refractivity contribution in [3.63, 3.8) is 0 Å². The minimum absolute atomic E-state index is 0.190. The Morgan fingerprint density at radius 1 is 1.36 bits per heavy atom. The number of fused-ring (bicyclic) bond motifs is 1. The summed E-state index contributed by atoms with van der Waals surface area (Å²) in [6, 6.07) is 9.51. The Hall–Kier alpha value is -2.32. The number of carbonyl (C=O) groups excluding carboxylic acids is 2. The minimum Gasteiger partial charge on any atom is -0.366 e. The van der Waals surface area contributed by atoms with E-state index in [1.54, 1.807) is 11.4 Å². The van der Waals surface area contributed by atoms with E-state index >= 15 is 0 Å². The number of thiophene rings is 1. The number of carbonyl (C=O) groups is 2. The molecular formula is C17H18N4O2S2. The van der Waals surface area contributed by atoms with E-state index in [4.69, 9.17) is 5.73 Å². The number of nitrogens with zero attached hydrogens (tertiary/aromatic N) is 2. The summed E-state index contributed by atoms with van der Waals surface area (Å²) in [5, 5.41) is 5.42. The zero-order valence-electron chi connectivity index (χ0n) is 13.9. The number of nitrogens with two attached hydrogens (primary N) is 1. The summed E-state index contributed by atoms with van der Waals surface area (Å²) in [6.07, 6.45) is 0. The number of thioether (sulfide) groups is 1. The molecular weight excluding hydrogens is 356 g/mol. The van der Waals surface area contributed by atoms with Crippen molar-refractivity contribution in [1.82, 2.24) is 9.55 Å². The highest BCUT2D eigenvalue weighted by Crippen LogP contribution is 2.29. The summed E-state index contributed by atoms with van der Waals surface area (Å²) in [4.78, 5) is 28.5.